The second-order valence-corrected chi connectivity index (χ2v) is 2.93. The third-order valence-corrected chi connectivity index (χ3v) is 1.67. The van der Waals surface area contributed by atoms with Crippen molar-refractivity contribution in [2.45, 2.75) is 6.92 Å². The molecule has 0 radical (unpaired) electrons. The van der Waals surface area contributed by atoms with Crippen molar-refractivity contribution in [3.63, 3.8) is 0 Å². The average molecular weight is 215 g/mol. The quantitative estimate of drug-likeness (QED) is 0.841. The van der Waals surface area contributed by atoms with E-state index in [1.165, 1.54) is 12.1 Å². The van der Waals surface area contributed by atoms with E-state index in [4.69, 9.17) is 0 Å². The van der Waals surface area contributed by atoms with Crippen LogP contribution in [-0.2, 0) is 4.74 Å². The summed E-state index contributed by atoms with van der Waals surface area (Å²) in [6, 6.07) is 4.35. The first kappa shape index (κ1) is 11.4. The number of benzene rings is 1. The van der Waals surface area contributed by atoms with E-state index < -0.39 is 18.6 Å². The van der Waals surface area contributed by atoms with E-state index >= 15 is 0 Å². The van der Waals surface area contributed by atoms with Gasteiger partial charge in [0.15, 0.2) is 0 Å². The molecule has 0 saturated carbocycles. The molecule has 0 aliphatic carbocycles. The number of hydrogen-bond acceptors (Lipinski definition) is 2. The molecule has 0 unspecified atom stereocenters. The number of aryl methyl sites for hydroxylation is 1. The van der Waals surface area contributed by atoms with Crippen molar-refractivity contribution in [1.82, 2.24) is 0 Å². The summed E-state index contributed by atoms with van der Waals surface area (Å²) in [6.07, 6.45) is -0.865. The van der Waals surface area contributed by atoms with Crippen LogP contribution in [0.1, 0.15) is 5.56 Å². The Hall–Kier alpha value is -1.65. The summed E-state index contributed by atoms with van der Waals surface area (Å²) in [5.41, 5.74) is 0.764. The van der Waals surface area contributed by atoms with Gasteiger partial charge in [-0.15, -0.1) is 0 Å². The second-order valence-electron chi connectivity index (χ2n) is 2.93. The minimum Gasteiger partial charge on any atom is -0.447 e. The second kappa shape index (κ2) is 5.29. The molecule has 3 nitrogen and oxygen atoms in total. The van der Waals surface area contributed by atoms with Gasteiger partial charge < -0.3 is 4.74 Å². The highest BCUT2D eigenvalue weighted by atomic mass is 19.1. The van der Waals surface area contributed by atoms with E-state index in [1.54, 1.807) is 13.0 Å². The largest absolute Gasteiger partial charge is 0.447 e. The number of amides is 1. The lowest BCUT2D eigenvalue weighted by Gasteiger charge is -2.06. The summed E-state index contributed by atoms with van der Waals surface area (Å²) in [5, 5.41) is 2.17. The van der Waals surface area contributed by atoms with Gasteiger partial charge in [0, 0.05) is 0 Å². The molecule has 0 spiro atoms. The molecule has 0 atom stereocenters. The van der Waals surface area contributed by atoms with Crippen molar-refractivity contribution in [1.29, 1.82) is 0 Å². The maximum atomic E-state index is 13.2. The third kappa shape index (κ3) is 3.53. The SMILES string of the molecule is Cc1ccc(NC(=O)OCCF)c(F)c1. The van der Waals surface area contributed by atoms with Gasteiger partial charge in [-0.25, -0.2) is 13.6 Å². The van der Waals surface area contributed by atoms with Crippen LogP contribution in [0.15, 0.2) is 18.2 Å². The molecular weight excluding hydrogens is 204 g/mol. The lowest BCUT2D eigenvalue weighted by molar-refractivity contribution is 0.152. The van der Waals surface area contributed by atoms with Crippen molar-refractivity contribution in [3.05, 3.63) is 29.6 Å². The number of carbonyl (C=O) groups excluding carboxylic acids is 1. The highest BCUT2D eigenvalue weighted by Crippen LogP contribution is 2.15. The third-order valence-electron chi connectivity index (χ3n) is 1.67. The standard InChI is InChI=1S/C10H11F2NO2/c1-7-2-3-9(8(12)6-7)13-10(14)15-5-4-11/h2-3,6H,4-5H2,1H3,(H,13,14). The Balaban J connectivity index is 2.60. The summed E-state index contributed by atoms with van der Waals surface area (Å²) in [5.74, 6) is -0.549. The molecule has 1 amide bonds. The molecule has 1 aromatic rings. The zero-order valence-electron chi connectivity index (χ0n) is 8.22. The number of anilines is 1. The number of hydrogen-bond donors (Lipinski definition) is 1. The minimum absolute atomic E-state index is 0.0180. The number of rotatable bonds is 3. The molecule has 1 rings (SSSR count). The minimum atomic E-state index is -0.865. The van der Waals surface area contributed by atoms with Gasteiger partial charge in [-0.3, -0.25) is 5.32 Å². The maximum absolute atomic E-state index is 13.2. The normalized spacial score (nSPS) is 9.80. The molecule has 0 heterocycles. The monoisotopic (exact) mass is 215 g/mol. The summed E-state index contributed by atoms with van der Waals surface area (Å²) in [7, 11) is 0. The Morgan fingerprint density at radius 1 is 1.53 bits per heavy atom. The Morgan fingerprint density at radius 3 is 2.87 bits per heavy atom. The molecule has 15 heavy (non-hydrogen) atoms. The molecule has 1 N–H and O–H groups in total. The first-order valence-corrected chi connectivity index (χ1v) is 4.39. The molecule has 0 aliphatic heterocycles. The molecule has 0 saturated heterocycles. The van der Waals surface area contributed by atoms with Crippen molar-refractivity contribution >= 4 is 11.8 Å². The van der Waals surface area contributed by atoms with Crippen LogP contribution in [0.2, 0.25) is 0 Å². The van der Waals surface area contributed by atoms with Crippen molar-refractivity contribution < 1.29 is 18.3 Å². The Labute approximate surface area is 86.0 Å². The van der Waals surface area contributed by atoms with Crippen molar-refractivity contribution in [2.75, 3.05) is 18.6 Å². The molecule has 5 heteroatoms. The average Bonchev–Trinajstić information content (AvgIpc) is 2.19. The van der Waals surface area contributed by atoms with Gasteiger partial charge in [0.25, 0.3) is 0 Å². The summed E-state index contributed by atoms with van der Waals surface area (Å²) in [4.78, 5) is 10.9. The highest BCUT2D eigenvalue weighted by molar-refractivity contribution is 5.84. The van der Waals surface area contributed by atoms with Gasteiger partial charge in [-0.1, -0.05) is 6.07 Å². The van der Waals surface area contributed by atoms with Crippen LogP contribution in [-0.4, -0.2) is 19.4 Å². The van der Waals surface area contributed by atoms with Gasteiger partial charge in [0.1, 0.15) is 19.1 Å². The Bertz CT molecular complexity index is 355. The van der Waals surface area contributed by atoms with Crippen molar-refractivity contribution in [3.8, 4) is 0 Å². The zero-order chi connectivity index (χ0) is 11.3. The van der Waals surface area contributed by atoms with Crippen LogP contribution in [0.3, 0.4) is 0 Å². The van der Waals surface area contributed by atoms with Crippen LogP contribution in [0.25, 0.3) is 0 Å². The van der Waals surface area contributed by atoms with E-state index in [-0.39, 0.29) is 12.3 Å². The van der Waals surface area contributed by atoms with E-state index in [0.29, 0.717) is 0 Å². The van der Waals surface area contributed by atoms with E-state index in [1.807, 2.05) is 0 Å². The van der Waals surface area contributed by atoms with Crippen LogP contribution >= 0.6 is 0 Å². The van der Waals surface area contributed by atoms with Gasteiger partial charge in [-0.2, -0.15) is 0 Å². The van der Waals surface area contributed by atoms with Crippen LogP contribution < -0.4 is 5.32 Å². The fourth-order valence-electron chi connectivity index (χ4n) is 0.999. The molecule has 0 aromatic heterocycles. The lowest BCUT2D eigenvalue weighted by atomic mass is 10.2. The number of ether oxygens (including phenoxy) is 1. The first-order chi connectivity index (χ1) is 7.13. The fraction of sp³-hybridized carbons (Fsp3) is 0.300. The number of halogens is 2. The van der Waals surface area contributed by atoms with Gasteiger partial charge in [0.2, 0.25) is 0 Å². The van der Waals surface area contributed by atoms with Gasteiger partial charge in [0.05, 0.1) is 5.69 Å². The first-order valence-electron chi connectivity index (χ1n) is 4.39. The molecule has 82 valence electrons. The van der Waals surface area contributed by atoms with E-state index in [2.05, 4.69) is 10.1 Å². The van der Waals surface area contributed by atoms with Crippen LogP contribution in [0.4, 0.5) is 19.3 Å². The summed E-state index contributed by atoms with van der Waals surface area (Å²) >= 11 is 0. The number of carbonyl (C=O) groups is 1. The van der Waals surface area contributed by atoms with Gasteiger partial charge >= 0.3 is 6.09 Å². The molecule has 1 aromatic carbocycles. The Kier molecular flexibility index (Phi) is 4.03. The molecule has 0 aliphatic rings. The zero-order valence-corrected chi connectivity index (χ0v) is 8.22. The lowest BCUT2D eigenvalue weighted by Crippen LogP contribution is -2.15. The topological polar surface area (TPSA) is 38.3 Å². The molecule has 0 bridgehead atoms. The predicted octanol–water partition coefficient (Wildman–Crippen LogP) is 2.65. The fourth-order valence-corrected chi connectivity index (χ4v) is 0.999. The van der Waals surface area contributed by atoms with Gasteiger partial charge in [-0.05, 0) is 24.6 Å². The maximum Gasteiger partial charge on any atom is 0.411 e. The predicted molar refractivity (Wildman–Crippen MR) is 52.1 cm³/mol. The van der Waals surface area contributed by atoms with E-state index in [0.717, 1.165) is 5.56 Å². The van der Waals surface area contributed by atoms with Crippen LogP contribution in [0.5, 0.6) is 0 Å². The summed E-state index contributed by atoms with van der Waals surface area (Å²) < 4.78 is 29.2. The van der Waals surface area contributed by atoms with Crippen LogP contribution in [0, 0.1) is 12.7 Å². The Morgan fingerprint density at radius 2 is 2.27 bits per heavy atom. The number of nitrogens with one attached hydrogen (secondary N) is 1. The number of alkyl halides is 1. The molecular formula is C10H11F2NO2. The smallest absolute Gasteiger partial charge is 0.411 e. The summed E-state index contributed by atoms with van der Waals surface area (Å²) in [6.45, 7) is 0.636. The van der Waals surface area contributed by atoms with E-state index in [9.17, 15) is 13.6 Å². The molecule has 0 fully saturated rings. The highest BCUT2D eigenvalue weighted by Gasteiger charge is 2.07. The van der Waals surface area contributed by atoms with Crippen molar-refractivity contribution in [2.24, 2.45) is 0 Å².